The summed E-state index contributed by atoms with van der Waals surface area (Å²) in [5.74, 6) is 0. The molecule has 0 amide bonds. The molecule has 6 heteroatoms. The zero-order valence-corrected chi connectivity index (χ0v) is 28.6. The fourth-order valence-electron chi connectivity index (χ4n) is 6.54. The van der Waals surface area contributed by atoms with Gasteiger partial charge >= 0.3 is 300 Å². The van der Waals surface area contributed by atoms with Crippen LogP contribution in [0, 0.1) is 0 Å². The molecule has 3 aliphatic rings. The number of rotatable bonds is 4. The summed E-state index contributed by atoms with van der Waals surface area (Å²) in [6.45, 7) is -2.35. The number of para-hydroxylation sites is 2. The normalized spacial score (nSPS) is 16.2. The van der Waals surface area contributed by atoms with Gasteiger partial charge in [-0.25, -0.2) is 0 Å². The number of fused-ring (bicyclic) bond motifs is 8. The van der Waals surface area contributed by atoms with Gasteiger partial charge in [-0.05, 0) is 0 Å². The van der Waals surface area contributed by atoms with E-state index in [4.69, 9.17) is 4.11 Å². The summed E-state index contributed by atoms with van der Waals surface area (Å²) in [5.41, 5.74) is 10.3. The van der Waals surface area contributed by atoms with Gasteiger partial charge in [0.05, 0.1) is 0 Å². The Morgan fingerprint density at radius 2 is 0.878 bits per heavy atom. The van der Waals surface area contributed by atoms with Crippen molar-refractivity contribution in [1.29, 1.82) is 0 Å². The molecule has 0 unspecified atom stereocenters. The maximum absolute atomic E-state index is 8.54. The summed E-state index contributed by atoms with van der Waals surface area (Å²) >= 11 is -1.08. The number of anilines is 6. The van der Waals surface area contributed by atoms with E-state index < -0.39 is 24.6 Å². The Morgan fingerprint density at radius 1 is 0.429 bits per heavy atom. The summed E-state index contributed by atoms with van der Waals surface area (Å²) in [7, 11) is 0. The van der Waals surface area contributed by atoms with Crippen molar-refractivity contribution in [3.05, 3.63) is 183 Å². The average Bonchev–Trinajstić information content (AvgIpc) is 3.81. The van der Waals surface area contributed by atoms with Crippen LogP contribution in [0.2, 0.25) is 0 Å². The predicted molar refractivity (Wildman–Crippen MR) is 202 cm³/mol. The van der Waals surface area contributed by atoms with Crippen molar-refractivity contribution in [3.8, 4) is 22.3 Å². The Bertz CT molecular complexity index is 2370. The van der Waals surface area contributed by atoms with Crippen LogP contribution in [0.3, 0.4) is 0 Å². The maximum atomic E-state index is 8.54. The Labute approximate surface area is 299 Å². The fraction of sp³-hybridized carbons (Fsp3) is 0.0233. The van der Waals surface area contributed by atoms with Crippen molar-refractivity contribution in [2.45, 2.75) is 0 Å². The van der Waals surface area contributed by atoms with Crippen LogP contribution in [-0.4, -0.2) is 20.2 Å². The van der Waals surface area contributed by atoms with E-state index in [-0.39, 0.29) is 0 Å². The topological polar surface area (TPSA) is 16.2 Å². The Kier molecular flexibility index (Phi) is 6.61. The Hall–Kier alpha value is -5.77. The molecule has 6 aromatic carbocycles. The Morgan fingerprint density at radius 3 is 1.45 bits per heavy atom. The van der Waals surface area contributed by atoms with Crippen molar-refractivity contribution in [2.24, 2.45) is 0 Å². The molecule has 0 spiro atoms. The molecule has 5 nitrogen and oxygen atoms in total. The molecule has 49 heavy (non-hydrogen) atoms. The van der Waals surface area contributed by atoms with E-state index in [2.05, 4.69) is 159 Å². The van der Waals surface area contributed by atoms with Crippen LogP contribution in [0.15, 0.2) is 183 Å². The average molecular weight is 818 g/mol. The molecule has 0 saturated carbocycles. The van der Waals surface area contributed by atoms with Gasteiger partial charge in [0.15, 0.2) is 0 Å². The van der Waals surface area contributed by atoms with Crippen LogP contribution in [0.25, 0.3) is 22.3 Å². The van der Waals surface area contributed by atoms with E-state index >= 15 is 0 Å². The van der Waals surface area contributed by atoms with Gasteiger partial charge in [0.2, 0.25) is 0 Å². The van der Waals surface area contributed by atoms with Crippen LogP contribution < -0.4 is 19.6 Å². The van der Waals surface area contributed by atoms with Crippen molar-refractivity contribution in [2.75, 3.05) is 26.6 Å². The third-order valence-corrected chi connectivity index (χ3v) is 12.0. The van der Waals surface area contributed by atoms with Gasteiger partial charge in [-0.3, -0.25) is 0 Å². The molecule has 9 rings (SSSR count). The van der Waals surface area contributed by atoms with Crippen LogP contribution in [0.1, 0.15) is 4.11 Å². The molecule has 0 N–H and O–H groups in total. The van der Waals surface area contributed by atoms with E-state index in [1.165, 1.54) is 4.90 Å². The molecule has 4 bridgehead atoms. The van der Waals surface area contributed by atoms with E-state index in [1.54, 1.807) is 6.20 Å². The summed E-state index contributed by atoms with van der Waals surface area (Å²) in [6, 6.07) is 54.9. The van der Waals surface area contributed by atoms with E-state index in [1.807, 2.05) is 36.5 Å². The molecule has 0 atom stereocenters. The second-order valence-electron chi connectivity index (χ2n) is 11.8. The van der Waals surface area contributed by atoms with Gasteiger partial charge in [-0.1, -0.05) is 0 Å². The second kappa shape index (κ2) is 12.4. The monoisotopic (exact) mass is 817 g/mol. The molecule has 0 aromatic heterocycles. The van der Waals surface area contributed by atoms with Crippen LogP contribution in [-0.2, 0) is 17.6 Å². The van der Waals surface area contributed by atoms with Gasteiger partial charge in [-0.2, -0.15) is 0 Å². The molecule has 0 saturated heterocycles. The predicted octanol–water partition coefficient (Wildman–Crippen LogP) is 9.78. The number of benzene rings is 6. The van der Waals surface area contributed by atoms with E-state index in [0.29, 0.717) is 0 Å². The third kappa shape index (κ3) is 5.24. The molecule has 6 aromatic rings. The van der Waals surface area contributed by atoms with Crippen molar-refractivity contribution < 1.29 is 21.8 Å². The molecule has 240 valence electrons. The minimum atomic E-state index is -2.35. The second-order valence-corrected chi connectivity index (χ2v) is 14.4. The van der Waals surface area contributed by atoms with Crippen molar-refractivity contribution in [1.82, 2.24) is 4.90 Å². The number of nitrogens with zero attached hydrogens (tertiary/aromatic N) is 5. The molecule has 3 heterocycles. The first kappa shape index (κ1) is 26.2. The zero-order chi connectivity index (χ0) is 35.2. The van der Waals surface area contributed by atoms with Crippen LogP contribution in [0.4, 0.5) is 34.1 Å². The van der Waals surface area contributed by atoms with Gasteiger partial charge in [-0.15, -0.1) is 0 Å². The quantitative estimate of drug-likeness (QED) is 0.176. The summed E-state index contributed by atoms with van der Waals surface area (Å²) in [5, 5.41) is 0. The van der Waals surface area contributed by atoms with Crippen molar-refractivity contribution in [3.63, 3.8) is 0 Å². The summed E-state index contributed by atoms with van der Waals surface area (Å²) in [4.78, 5) is 10.3. The van der Waals surface area contributed by atoms with Crippen molar-refractivity contribution >= 4 is 42.4 Å². The standard InChI is InChI=1S/C43H33N5.Pt/c1-44-26-27-45(32-44)37-20-11-22-39(30-37)48(40-23-12-21-38(31-40)47-29-28-46(33-47)36-18-9-4-10-19-36)43-41(34-14-5-2-6-15-34)24-13-25-42(43)35-16-7-3-8-17-35;/h2-31H,1H3;/i1D3;. The zero-order valence-electron chi connectivity index (χ0n) is 29.4. The first-order valence-electron chi connectivity index (χ1n) is 17.6. The van der Waals surface area contributed by atoms with E-state index in [9.17, 15) is 0 Å². The summed E-state index contributed by atoms with van der Waals surface area (Å²) < 4.78 is 27.4. The molecule has 0 fully saturated rings. The third-order valence-electron chi connectivity index (χ3n) is 8.80. The SMILES string of the molecule is [2H]C([2H])([2H])N1C=CN2[C]1=[Pt]=[C]1N(c3ccccc3)C=CN1c1cccc(c1)N(c1c(-c3ccccc3)cccc1-c1ccccc1)c1cccc2c1. The molecular formula is C43H33N5Pt. The van der Waals surface area contributed by atoms with Crippen LogP contribution in [0.5, 0.6) is 0 Å². The number of hydrogen-bond acceptors (Lipinski definition) is 5. The van der Waals surface area contributed by atoms with E-state index in [0.717, 1.165) is 64.7 Å². The van der Waals surface area contributed by atoms with Gasteiger partial charge < -0.3 is 0 Å². The van der Waals surface area contributed by atoms with Crippen LogP contribution >= 0.6 is 0 Å². The first-order chi connectivity index (χ1) is 25.4. The molecule has 0 radical (unpaired) electrons. The molecular weight excluding hydrogens is 782 g/mol. The first-order valence-corrected chi connectivity index (χ1v) is 18.4. The molecule has 0 aliphatic carbocycles. The number of hydrogen-bond donors (Lipinski definition) is 0. The fourth-order valence-corrected chi connectivity index (χ4v) is 9.65. The summed E-state index contributed by atoms with van der Waals surface area (Å²) in [6.07, 6.45) is 7.77. The molecule has 3 aliphatic heterocycles. The van der Waals surface area contributed by atoms with Gasteiger partial charge in [0.25, 0.3) is 0 Å². The minimum absolute atomic E-state index is 0.750. The van der Waals surface area contributed by atoms with Gasteiger partial charge in [0.1, 0.15) is 0 Å². The van der Waals surface area contributed by atoms with Gasteiger partial charge in [0, 0.05) is 0 Å². The Balaban J connectivity index is 1.35.